The number of carbonyl (C=O) groups excluding carboxylic acids is 8. The van der Waals surface area contributed by atoms with E-state index < -0.39 is 16.2 Å². The molecule has 4 heterocycles. The molecule has 8 saturated carbocycles. The number of hydrogen-bond acceptors (Lipinski definition) is 12. The molecule has 0 radical (unpaired) electrons. The van der Waals surface area contributed by atoms with Crippen LogP contribution in [-0.4, -0.2) is 52.0 Å². The van der Waals surface area contributed by atoms with E-state index in [4.69, 9.17) is 49.0 Å². The first kappa shape index (κ1) is 41.7. The van der Waals surface area contributed by atoms with Gasteiger partial charge < -0.3 is 18.9 Å². The van der Waals surface area contributed by atoms with Crippen molar-refractivity contribution in [2.45, 2.75) is 82.4 Å². The van der Waals surface area contributed by atoms with Gasteiger partial charge in [-0.2, -0.15) is 0 Å². The Morgan fingerprint density at radius 1 is 0.483 bits per heavy atom. The normalized spacial score (nSPS) is 41.0. The van der Waals surface area contributed by atoms with Crippen LogP contribution in [0.4, 0.5) is 0 Å². The Kier molecular flexibility index (Phi) is 10.3. The van der Waals surface area contributed by atoms with Crippen molar-refractivity contribution in [2.24, 2.45) is 92.7 Å². The van der Waals surface area contributed by atoms with Crippen molar-refractivity contribution in [1.29, 1.82) is 0 Å². The summed E-state index contributed by atoms with van der Waals surface area (Å²) in [5.74, 6) is -0.979. The molecule has 10 aliphatic carbocycles. The number of esters is 8. The topological polar surface area (TPSA) is 173 Å². The van der Waals surface area contributed by atoms with Crippen LogP contribution in [-0.2, 0) is 57.3 Å². The van der Waals surface area contributed by atoms with Crippen LogP contribution < -0.4 is 0 Å². The van der Waals surface area contributed by atoms with Gasteiger partial charge in [0.05, 0.1) is 35.5 Å². The number of allylic oxidation sites excluding steroid dienone is 6. The summed E-state index contributed by atoms with van der Waals surface area (Å²) < 4.78 is 17.4. The van der Waals surface area contributed by atoms with Gasteiger partial charge in [-0.05, 0) is 116 Å². The van der Waals surface area contributed by atoms with Crippen molar-refractivity contribution in [3.05, 3.63) is 48.6 Å². The average Bonchev–Trinajstić information content (AvgIpc) is 3.92. The van der Waals surface area contributed by atoms with Crippen LogP contribution in [0.1, 0.15) is 78.1 Å². The van der Waals surface area contributed by atoms with Crippen LogP contribution >= 0.6 is 34.8 Å². The minimum absolute atomic E-state index is 0.0521. The maximum Gasteiger partial charge on any atom is 0.338 e. The van der Waals surface area contributed by atoms with E-state index in [9.17, 15) is 38.4 Å². The molecule has 15 heteroatoms. The number of alkyl halides is 3. The number of fused-ring (bicyclic) bond motifs is 11. The Labute approximate surface area is 362 Å². The molecule has 12 nitrogen and oxygen atoms in total. The van der Waals surface area contributed by atoms with Crippen LogP contribution in [0.3, 0.4) is 0 Å². The molecule has 0 aromatic heterocycles. The summed E-state index contributed by atoms with van der Waals surface area (Å²) in [6.07, 6.45) is 27.4. The lowest BCUT2D eigenvalue weighted by Crippen LogP contribution is -2.24. The fourth-order valence-electron chi connectivity index (χ4n) is 13.8. The maximum absolute atomic E-state index is 11.5. The van der Waals surface area contributed by atoms with Gasteiger partial charge in [0.2, 0.25) is 0 Å². The van der Waals surface area contributed by atoms with Gasteiger partial charge >= 0.3 is 47.8 Å². The van der Waals surface area contributed by atoms with Gasteiger partial charge in [0.25, 0.3) is 0 Å². The SMILES string of the molecule is C1=CC2(C=C1)CC2.CC1(C)C2CCC1C1C(=O)OC(=O)C12.ClC(Cl)Cl.O=C1C=CC(=O)O1.O=C1OC(=O)C2C1C1C=CC2C12CC2.O=C1OC(=O)C2C1C1CCC2C12CC2. The van der Waals surface area contributed by atoms with E-state index >= 15 is 0 Å². The molecule has 12 unspecified atom stereocenters. The predicted octanol–water partition coefficient (Wildman–Crippen LogP) is 6.89. The zero-order valence-corrected chi connectivity index (χ0v) is 35.5. The van der Waals surface area contributed by atoms with E-state index in [1.54, 1.807) is 0 Å². The van der Waals surface area contributed by atoms with E-state index in [2.05, 4.69) is 55.0 Å². The molecule has 3 spiro atoms. The Morgan fingerprint density at radius 2 is 0.817 bits per heavy atom. The zero-order valence-electron chi connectivity index (χ0n) is 33.2. The Morgan fingerprint density at radius 3 is 1.12 bits per heavy atom. The molecule has 3 saturated heterocycles. The molecular formula is C45H47Cl3O12. The lowest BCUT2D eigenvalue weighted by atomic mass is 9.80. The summed E-state index contributed by atoms with van der Waals surface area (Å²) in [5.41, 5.74) is 1.44. The summed E-state index contributed by atoms with van der Waals surface area (Å²) in [5, 5.41) is 0. The van der Waals surface area contributed by atoms with Crippen LogP contribution in [0.2, 0.25) is 0 Å². The highest BCUT2D eigenvalue weighted by Crippen LogP contribution is 2.76. The molecule has 6 bridgehead atoms. The second-order valence-corrected chi connectivity index (χ2v) is 21.4. The number of rotatable bonds is 0. The highest BCUT2D eigenvalue weighted by atomic mass is 35.6. The number of hydrogen-bond donors (Lipinski definition) is 0. The molecule has 14 rings (SSSR count). The molecule has 0 N–H and O–H groups in total. The van der Waals surface area contributed by atoms with Gasteiger partial charge in [-0.3, -0.25) is 28.8 Å². The van der Waals surface area contributed by atoms with Crippen LogP contribution in [0.15, 0.2) is 48.6 Å². The van der Waals surface area contributed by atoms with Crippen molar-refractivity contribution >= 4 is 82.6 Å². The lowest BCUT2D eigenvalue weighted by molar-refractivity contribution is -0.157. The molecule has 11 fully saturated rings. The molecule has 0 aromatic rings. The summed E-state index contributed by atoms with van der Waals surface area (Å²) in [4.78, 5) is 88.9. The van der Waals surface area contributed by atoms with Gasteiger partial charge in [0, 0.05) is 17.6 Å². The first-order chi connectivity index (χ1) is 28.4. The van der Waals surface area contributed by atoms with Crippen molar-refractivity contribution in [3.8, 4) is 0 Å². The average molecular weight is 886 g/mol. The molecule has 60 heavy (non-hydrogen) atoms. The molecule has 320 valence electrons. The predicted molar refractivity (Wildman–Crippen MR) is 211 cm³/mol. The van der Waals surface area contributed by atoms with Crippen molar-refractivity contribution in [3.63, 3.8) is 0 Å². The van der Waals surface area contributed by atoms with Crippen LogP contribution in [0, 0.1) is 92.7 Å². The summed E-state index contributed by atoms with van der Waals surface area (Å²) in [6.45, 7) is 4.38. The maximum atomic E-state index is 11.5. The third kappa shape index (κ3) is 6.68. The lowest BCUT2D eigenvalue weighted by Gasteiger charge is -2.25. The van der Waals surface area contributed by atoms with E-state index in [1.165, 1.54) is 38.5 Å². The quantitative estimate of drug-likeness (QED) is 0.0812. The first-order valence-corrected chi connectivity index (χ1v) is 22.4. The van der Waals surface area contributed by atoms with E-state index in [0.29, 0.717) is 51.8 Å². The first-order valence-electron chi connectivity index (χ1n) is 21.1. The second-order valence-electron chi connectivity index (χ2n) is 19.5. The van der Waals surface area contributed by atoms with E-state index in [0.717, 1.165) is 37.8 Å². The molecule has 12 atom stereocenters. The van der Waals surface area contributed by atoms with Gasteiger partial charge in [0.15, 0.2) is 4.30 Å². The minimum atomic E-state index is -0.750. The number of carbonyl (C=O) groups is 8. The standard InChI is InChI=1S/C11H12O3.C11H10O3.C11H14O3.C7H8.C4H2O3.CHCl3/c2*12-9-7-5-1-2-6(11(5)3-4-11)8(7)10(13)14-9;1-11(2)5-3-4-6(11)8-7(5)9(12)14-10(8)13;1-2-4-7(3-1)5-6-7;5-3-1-2-4(6)7-3;2-1(3)4/h5-8H,1-4H2;1-2,5-8H,3-4H2;5-8H,3-4H2,1-2H3;1-4H,5-6H2;1-2H;1H. The van der Waals surface area contributed by atoms with Crippen LogP contribution in [0.5, 0.6) is 0 Å². The zero-order chi connectivity index (χ0) is 42.7. The Balaban J connectivity index is 0.0000000968. The monoisotopic (exact) mass is 884 g/mol. The molecular weight excluding hydrogens is 839 g/mol. The molecule has 14 aliphatic rings. The second kappa shape index (κ2) is 14.8. The third-order valence-corrected chi connectivity index (χ3v) is 16.7. The molecule has 4 aliphatic heterocycles. The summed E-state index contributed by atoms with van der Waals surface area (Å²) >= 11 is 14.4. The van der Waals surface area contributed by atoms with Gasteiger partial charge in [-0.1, -0.05) is 85.1 Å². The van der Waals surface area contributed by atoms with Gasteiger partial charge in [0.1, 0.15) is 0 Å². The molecule has 0 amide bonds. The Hall–Kier alpha value is -3.61. The largest absolute Gasteiger partial charge is 0.393 e. The van der Waals surface area contributed by atoms with Gasteiger partial charge in [-0.25, -0.2) is 9.59 Å². The fraction of sp³-hybridized carbons (Fsp3) is 0.644. The van der Waals surface area contributed by atoms with E-state index in [-0.39, 0.29) is 76.7 Å². The van der Waals surface area contributed by atoms with Crippen molar-refractivity contribution in [1.82, 2.24) is 0 Å². The highest BCUT2D eigenvalue weighted by molar-refractivity contribution is 6.63. The number of cyclic esters (lactones) is 8. The van der Waals surface area contributed by atoms with Crippen molar-refractivity contribution < 1.29 is 57.3 Å². The van der Waals surface area contributed by atoms with Crippen LogP contribution in [0.25, 0.3) is 0 Å². The highest BCUT2D eigenvalue weighted by Gasteiger charge is 2.75. The summed E-state index contributed by atoms with van der Waals surface area (Å²) in [7, 11) is 0. The number of halogens is 3. The van der Waals surface area contributed by atoms with E-state index in [1.807, 2.05) is 0 Å². The third-order valence-electron chi connectivity index (χ3n) is 16.7. The number of ether oxygens (including phenoxy) is 4. The van der Waals surface area contributed by atoms with Gasteiger partial charge in [-0.15, -0.1) is 0 Å². The summed E-state index contributed by atoms with van der Waals surface area (Å²) in [6, 6.07) is 0. The Bertz CT molecular complexity index is 1880. The minimum Gasteiger partial charge on any atom is -0.393 e. The smallest absolute Gasteiger partial charge is 0.338 e. The fourth-order valence-corrected chi connectivity index (χ4v) is 13.8. The molecule has 0 aromatic carbocycles. The van der Waals surface area contributed by atoms with Crippen molar-refractivity contribution in [2.75, 3.05) is 0 Å².